The number of amides is 1. The van der Waals surface area contributed by atoms with Gasteiger partial charge in [-0.25, -0.2) is 4.79 Å². The monoisotopic (exact) mass is 495 g/mol. The molecule has 0 radical (unpaired) electrons. The summed E-state index contributed by atoms with van der Waals surface area (Å²) < 4.78 is 16.4. The van der Waals surface area contributed by atoms with Crippen LogP contribution >= 0.6 is 0 Å². The second-order valence-electron chi connectivity index (χ2n) is 8.44. The molecule has 188 valence electrons. The summed E-state index contributed by atoms with van der Waals surface area (Å²) in [5, 5.41) is 2.99. The lowest BCUT2D eigenvalue weighted by molar-refractivity contribution is -0.147. The Morgan fingerprint density at radius 1 is 0.730 bits per heavy atom. The highest BCUT2D eigenvalue weighted by Crippen LogP contribution is 2.45. The van der Waals surface area contributed by atoms with Crippen molar-refractivity contribution in [2.75, 3.05) is 14.2 Å². The molecule has 1 amide bonds. The van der Waals surface area contributed by atoms with Crippen LogP contribution in [0.4, 0.5) is 4.79 Å². The Balaban J connectivity index is 1.86. The van der Waals surface area contributed by atoms with Crippen molar-refractivity contribution in [2.45, 2.75) is 18.1 Å². The van der Waals surface area contributed by atoms with Gasteiger partial charge in [-0.1, -0.05) is 103 Å². The summed E-state index contributed by atoms with van der Waals surface area (Å²) in [6.45, 7) is 0.0906. The predicted octanol–water partition coefficient (Wildman–Crippen LogP) is 5.82. The van der Waals surface area contributed by atoms with Gasteiger partial charge in [-0.3, -0.25) is 4.79 Å². The predicted molar refractivity (Wildman–Crippen MR) is 141 cm³/mol. The highest BCUT2D eigenvalue weighted by atomic mass is 16.5. The average Bonchev–Trinajstić information content (AvgIpc) is 2.97. The first-order valence-corrected chi connectivity index (χ1v) is 11.9. The molecule has 0 aliphatic rings. The van der Waals surface area contributed by atoms with Crippen LogP contribution in [0.1, 0.15) is 28.3 Å². The molecular formula is C31H29NO5. The minimum Gasteiger partial charge on any atom is -0.497 e. The average molecular weight is 496 g/mol. The summed E-state index contributed by atoms with van der Waals surface area (Å²) in [7, 11) is 2.93. The first kappa shape index (κ1) is 25.5. The molecule has 6 heteroatoms. The molecule has 0 aliphatic heterocycles. The van der Waals surface area contributed by atoms with Crippen molar-refractivity contribution >= 4 is 12.1 Å². The van der Waals surface area contributed by atoms with E-state index >= 15 is 0 Å². The van der Waals surface area contributed by atoms with E-state index < -0.39 is 23.5 Å². The van der Waals surface area contributed by atoms with Crippen LogP contribution in [-0.4, -0.2) is 26.3 Å². The molecule has 0 aromatic heterocycles. The highest BCUT2D eigenvalue weighted by Gasteiger charge is 2.51. The van der Waals surface area contributed by atoms with Gasteiger partial charge in [0, 0.05) is 0 Å². The number of nitrogens with one attached hydrogen (secondary N) is 1. The Kier molecular flexibility index (Phi) is 8.21. The highest BCUT2D eigenvalue weighted by molar-refractivity contribution is 5.90. The van der Waals surface area contributed by atoms with Crippen molar-refractivity contribution in [1.82, 2.24) is 5.32 Å². The summed E-state index contributed by atoms with van der Waals surface area (Å²) in [5.41, 5.74) is 1.42. The van der Waals surface area contributed by atoms with E-state index in [0.29, 0.717) is 22.4 Å². The molecule has 0 fully saturated rings. The third kappa shape index (κ3) is 5.48. The van der Waals surface area contributed by atoms with Gasteiger partial charge in [0.2, 0.25) is 0 Å². The summed E-state index contributed by atoms with van der Waals surface area (Å²) in [6.07, 6.45) is -0.657. The number of rotatable bonds is 9. The maximum absolute atomic E-state index is 13.9. The number of ether oxygens (including phenoxy) is 3. The second-order valence-corrected chi connectivity index (χ2v) is 8.44. The summed E-state index contributed by atoms with van der Waals surface area (Å²) in [4.78, 5) is 27.1. The number of alkyl carbamates (subject to hydrolysis) is 1. The van der Waals surface area contributed by atoms with Crippen LogP contribution < -0.4 is 10.1 Å². The van der Waals surface area contributed by atoms with Crippen LogP contribution in [0.2, 0.25) is 0 Å². The molecule has 0 saturated carbocycles. The van der Waals surface area contributed by atoms with Gasteiger partial charge in [-0.15, -0.1) is 0 Å². The van der Waals surface area contributed by atoms with Gasteiger partial charge in [-0.05, 0) is 34.4 Å². The molecule has 1 N–H and O–H groups in total. The summed E-state index contributed by atoms with van der Waals surface area (Å²) in [6, 6.07) is 34.4. The standard InChI is InChI=1S/C31H29NO5/c1-35-27-20-18-26(19-21-27)31(29(33)36-2,25-16-10-5-11-17-25)28(24-14-8-4-9-15-24)32-30(34)37-22-23-12-6-3-7-13-23/h3-21,28H,22H2,1-2H3,(H,32,34)/t28-,31+/m1/s1. The number of methoxy groups -OCH3 is 2. The van der Waals surface area contributed by atoms with Crippen LogP contribution in [0.3, 0.4) is 0 Å². The molecular weight excluding hydrogens is 466 g/mol. The van der Waals surface area contributed by atoms with Gasteiger partial charge in [0.15, 0.2) is 0 Å². The largest absolute Gasteiger partial charge is 0.497 e. The van der Waals surface area contributed by atoms with Crippen molar-refractivity contribution in [3.8, 4) is 5.75 Å². The Labute approximate surface area is 216 Å². The van der Waals surface area contributed by atoms with E-state index in [1.165, 1.54) is 7.11 Å². The zero-order valence-electron chi connectivity index (χ0n) is 20.8. The second kappa shape index (κ2) is 11.9. The van der Waals surface area contributed by atoms with Gasteiger partial charge in [-0.2, -0.15) is 0 Å². The van der Waals surface area contributed by atoms with Crippen molar-refractivity contribution in [3.05, 3.63) is 138 Å². The molecule has 4 aromatic rings. The normalized spacial score (nSPS) is 13.0. The smallest absolute Gasteiger partial charge is 0.408 e. The minimum absolute atomic E-state index is 0.0906. The lowest BCUT2D eigenvalue weighted by Crippen LogP contribution is -2.50. The van der Waals surface area contributed by atoms with Crippen molar-refractivity contribution in [2.24, 2.45) is 0 Å². The molecule has 0 heterocycles. The summed E-state index contributed by atoms with van der Waals surface area (Å²) >= 11 is 0. The Morgan fingerprint density at radius 3 is 1.84 bits per heavy atom. The quantitative estimate of drug-likeness (QED) is 0.296. The van der Waals surface area contributed by atoms with Crippen LogP contribution in [0.15, 0.2) is 115 Å². The van der Waals surface area contributed by atoms with E-state index in [9.17, 15) is 9.59 Å². The molecule has 0 aliphatic carbocycles. The van der Waals surface area contributed by atoms with Gasteiger partial charge in [0.1, 0.15) is 17.8 Å². The number of hydrogen-bond donors (Lipinski definition) is 1. The Hall–Kier alpha value is -4.58. The van der Waals surface area contributed by atoms with E-state index in [2.05, 4.69) is 5.32 Å². The van der Waals surface area contributed by atoms with Crippen molar-refractivity contribution in [3.63, 3.8) is 0 Å². The fraction of sp³-hybridized carbons (Fsp3) is 0.161. The topological polar surface area (TPSA) is 73.9 Å². The fourth-order valence-electron chi connectivity index (χ4n) is 4.54. The SMILES string of the molecule is COC(=O)[C@@](c1ccccc1)(c1ccc(OC)cc1)[C@H](NC(=O)OCc1ccccc1)c1ccccc1. The number of hydrogen-bond acceptors (Lipinski definition) is 5. The third-order valence-electron chi connectivity index (χ3n) is 6.32. The van der Waals surface area contributed by atoms with Crippen molar-refractivity contribution < 1.29 is 23.8 Å². The molecule has 0 bridgehead atoms. The molecule has 4 aromatic carbocycles. The molecule has 0 unspecified atom stereocenters. The van der Waals surface area contributed by atoms with Crippen LogP contribution in [0.5, 0.6) is 5.75 Å². The third-order valence-corrected chi connectivity index (χ3v) is 6.32. The maximum atomic E-state index is 13.9. The van der Waals surface area contributed by atoms with E-state index in [0.717, 1.165) is 5.56 Å². The number of carbonyl (C=O) groups is 2. The van der Waals surface area contributed by atoms with Crippen LogP contribution in [0.25, 0.3) is 0 Å². The van der Waals surface area contributed by atoms with Crippen molar-refractivity contribution in [1.29, 1.82) is 0 Å². The number of carbonyl (C=O) groups excluding carboxylic acids is 2. The number of esters is 1. The van der Waals surface area contributed by atoms with Crippen LogP contribution in [0, 0.1) is 0 Å². The van der Waals surface area contributed by atoms with E-state index in [1.807, 2.05) is 103 Å². The lowest BCUT2D eigenvalue weighted by Gasteiger charge is -2.39. The summed E-state index contributed by atoms with van der Waals surface area (Å²) in [5.74, 6) is 0.114. The zero-order valence-corrected chi connectivity index (χ0v) is 20.8. The first-order chi connectivity index (χ1) is 18.1. The molecule has 4 rings (SSSR count). The first-order valence-electron chi connectivity index (χ1n) is 11.9. The molecule has 6 nitrogen and oxygen atoms in total. The molecule has 37 heavy (non-hydrogen) atoms. The molecule has 0 saturated heterocycles. The van der Waals surface area contributed by atoms with E-state index in [4.69, 9.17) is 14.2 Å². The van der Waals surface area contributed by atoms with E-state index in [-0.39, 0.29) is 6.61 Å². The van der Waals surface area contributed by atoms with E-state index in [1.54, 1.807) is 19.2 Å². The Bertz CT molecular complexity index is 1290. The molecule has 0 spiro atoms. The van der Waals surface area contributed by atoms with Gasteiger partial charge >= 0.3 is 12.1 Å². The number of benzene rings is 4. The molecule has 2 atom stereocenters. The zero-order chi connectivity index (χ0) is 26.1. The lowest BCUT2D eigenvalue weighted by atomic mass is 9.67. The Morgan fingerprint density at radius 2 is 1.27 bits per heavy atom. The van der Waals surface area contributed by atoms with Gasteiger partial charge in [0.25, 0.3) is 0 Å². The van der Waals surface area contributed by atoms with Crippen LogP contribution in [-0.2, 0) is 26.3 Å². The van der Waals surface area contributed by atoms with Gasteiger partial charge < -0.3 is 19.5 Å². The fourth-order valence-corrected chi connectivity index (χ4v) is 4.54. The van der Waals surface area contributed by atoms with Gasteiger partial charge in [0.05, 0.1) is 20.3 Å². The minimum atomic E-state index is -1.44. The maximum Gasteiger partial charge on any atom is 0.408 e.